The molecule has 2 heterocycles. The Morgan fingerprint density at radius 2 is 1.81 bits per heavy atom. The molecule has 0 radical (unpaired) electrons. The van der Waals surface area contributed by atoms with Gasteiger partial charge in [-0.05, 0) is 56.2 Å². The van der Waals surface area contributed by atoms with E-state index in [1.807, 2.05) is 32.9 Å². The lowest BCUT2D eigenvalue weighted by Gasteiger charge is -2.25. The van der Waals surface area contributed by atoms with Crippen LogP contribution in [0.25, 0.3) is 0 Å². The zero-order valence-corrected chi connectivity index (χ0v) is 17.2. The van der Waals surface area contributed by atoms with E-state index in [9.17, 15) is 4.79 Å². The molecule has 0 atom stereocenters. The molecule has 2 aromatic rings. The number of morpholine rings is 1. The van der Waals surface area contributed by atoms with Crippen LogP contribution < -0.4 is 21.1 Å². The van der Waals surface area contributed by atoms with E-state index in [2.05, 4.69) is 32.1 Å². The monoisotopic (exact) mass is 405 g/mol. The zero-order valence-electron chi connectivity index (χ0n) is 15.6. The quantitative estimate of drug-likeness (QED) is 0.535. The van der Waals surface area contributed by atoms with Crippen molar-refractivity contribution in [2.45, 2.75) is 20.8 Å². The van der Waals surface area contributed by atoms with Gasteiger partial charge in [-0.25, -0.2) is 4.98 Å². The Hall–Kier alpha value is -2.23. The van der Waals surface area contributed by atoms with E-state index >= 15 is 0 Å². The van der Waals surface area contributed by atoms with Crippen molar-refractivity contribution in [1.29, 1.82) is 0 Å². The number of hydrogen-bond donors (Lipinski definition) is 3. The Labute approximate surface area is 168 Å². The van der Waals surface area contributed by atoms with Crippen LogP contribution in [0.3, 0.4) is 0 Å². The van der Waals surface area contributed by atoms with Gasteiger partial charge in [0.2, 0.25) is 0 Å². The molecule has 1 aromatic carbocycles. The smallest absolute Gasteiger partial charge is 0.281 e. The van der Waals surface area contributed by atoms with Gasteiger partial charge in [0.25, 0.3) is 5.91 Å². The van der Waals surface area contributed by atoms with Crippen molar-refractivity contribution in [2.75, 3.05) is 36.5 Å². The van der Waals surface area contributed by atoms with Crippen LogP contribution >= 0.6 is 23.6 Å². The third-order valence-electron chi connectivity index (χ3n) is 4.04. The molecule has 1 aromatic heterocycles. The molecule has 3 N–H and O–H groups in total. The number of anilines is 2. The first-order valence-corrected chi connectivity index (χ1v) is 9.90. The highest BCUT2D eigenvalue weighted by atomic mass is 32.1. The summed E-state index contributed by atoms with van der Waals surface area (Å²) in [6.45, 7) is 8.82. The van der Waals surface area contributed by atoms with Crippen molar-refractivity contribution in [3.63, 3.8) is 0 Å². The number of aryl methyl sites for hydroxylation is 3. The van der Waals surface area contributed by atoms with E-state index in [1.165, 1.54) is 11.3 Å². The average molecular weight is 406 g/mol. The number of rotatable bonds is 3. The minimum Gasteiger partial charge on any atom is -0.378 e. The van der Waals surface area contributed by atoms with Gasteiger partial charge in [-0.3, -0.25) is 15.6 Å². The predicted octanol–water partition coefficient (Wildman–Crippen LogP) is 2.54. The molecule has 1 aliphatic heterocycles. The molecule has 3 rings (SSSR count). The maximum absolute atomic E-state index is 12.5. The second kappa shape index (κ2) is 8.64. The van der Waals surface area contributed by atoms with Crippen LogP contribution in [0.5, 0.6) is 0 Å². The Kier molecular flexibility index (Phi) is 6.25. The fourth-order valence-corrected chi connectivity index (χ4v) is 4.05. The molecule has 1 amide bonds. The fourth-order valence-electron chi connectivity index (χ4n) is 2.86. The van der Waals surface area contributed by atoms with Crippen LogP contribution in [-0.4, -0.2) is 42.3 Å². The van der Waals surface area contributed by atoms with Crippen LogP contribution in [0.2, 0.25) is 0 Å². The van der Waals surface area contributed by atoms with E-state index in [4.69, 9.17) is 17.0 Å². The summed E-state index contributed by atoms with van der Waals surface area (Å²) in [4.78, 5) is 19.7. The van der Waals surface area contributed by atoms with Gasteiger partial charge < -0.3 is 15.0 Å². The molecule has 27 heavy (non-hydrogen) atoms. The van der Waals surface area contributed by atoms with Gasteiger partial charge in [-0.15, -0.1) is 0 Å². The molecule has 0 unspecified atom stereocenters. The SMILES string of the molecule is Cc1cc(C)cc(NC(=S)NNC(=O)c2sc(N3CCOCC3)nc2C)c1. The predicted molar refractivity (Wildman–Crippen MR) is 113 cm³/mol. The topological polar surface area (TPSA) is 78.5 Å². The molecule has 1 aliphatic rings. The first-order chi connectivity index (χ1) is 12.9. The molecule has 7 nitrogen and oxygen atoms in total. The largest absolute Gasteiger partial charge is 0.378 e. The number of thiazole rings is 1. The van der Waals surface area contributed by atoms with Gasteiger partial charge in [0, 0.05) is 18.8 Å². The highest BCUT2D eigenvalue weighted by Gasteiger charge is 2.20. The molecular weight excluding hydrogens is 382 g/mol. The summed E-state index contributed by atoms with van der Waals surface area (Å²) in [6, 6.07) is 6.07. The summed E-state index contributed by atoms with van der Waals surface area (Å²) in [5.74, 6) is -0.255. The summed E-state index contributed by atoms with van der Waals surface area (Å²) < 4.78 is 5.36. The van der Waals surface area contributed by atoms with Gasteiger partial charge in [-0.2, -0.15) is 0 Å². The van der Waals surface area contributed by atoms with E-state index in [0.717, 1.165) is 35.0 Å². The number of nitrogens with one attached hydrogen (secondary N) is 3. The number of amides is 1. The zero-order chi connectivity index (χ0) is 19.4. The number of thiocarbonyl (C=S) groups is 1. The molecular formula is C18H23N5O2S2. The van der Waals surface area contributed by atoms with Crippen LogP contribution in [0.4, 0.5) is 10.8 Å². The average Bonchev–Trinajstić information content (AvgIpc) is 3.01. The van der Waals surface area contributed by atoms with E-state index in [1.54, 1.807) is 0 Å². The number of ether oxygens (including phenoxy) is 1. The number of aromatic nitrogens is 1. The van der Waals surface area contributed by atoms with Crippen molar-refractivity contribution in [3.8, 4) is 0 Å². The summed E-state index contributed by atoms with van der Waals surface area (Å²) in [5, 5.41) is 4.24. The Morgan fingerprint density at radius 1 is 1.15 bits per heavy atom. The maximum atomic E-state index is 12.5. The lowest BCUT2D eigenvalue weighted by atomic mass is 10.1. The number of carbonyl (C=O) groups excluding carboxylic acids is 1. The number of hydrogen-bond acceptors (Lipinski definition) is 6. The van der Waals surface area contributed by atoms with Crippen molar-refractivity contribution in [2.24, 2.45) is 0 Å². The molecule has 1 fully saturated rings. The number of carbonyl (C=O) groups is 1. The van der Waals surface area contributed by atoms with Crippen molar-refractivity contribution in [3.05, 3.63) is 39.9 Å². The first kappa shape index (κ1) is 19.5. The van der Waals surface area contributed by atoms with Gasteiger partial charge in [0.05, 0.1) is 18.9 Å². The van der Waals surface area contributed by atoms with Crippen LogP contribution in [0, 0.1) is 20.8 Å². The standard InChI is InChI=1S/C18H23N5O2S2/c1-11-8-12(2)10-14(9-11)20-17(26)22-21-16(24)15-13(3)19-18(27-15)23-4-6-25-7-5-23/h8-10H,4-7H2,1-3H3,(H,21,24)(H2,20,22,26). The van der Waals surface area contributed by atoms with Crippen LogP contribution in [0.15, 0.2) is 18.2 Å². The highest BCUT2D eigenvalue weighted by Crippen LogP contribution is 2.26. The summed E-state index contributed by atoms with van der Waals surface area (Å²) in [6.07, 6.45) is 0. The molecule has 9 heteroatoms. The summed E-state index contributed by atoms with van der Waals surface area (Å²) in [5.41, 5.74) is 9.25. The fraction of sp³-hybridized carbons (Fsp3) is 0.389. The summed E-state index contributed by atoms with van der Waals surface area (Å²) in [7, 11) is 0. The maximum Gasteiger partial charge on any atom is 0.281 e. The minimum atomic E-state index is -0.255. The molecule has 0 bridgehead atoms. The van der Waals surface area contributed by atoms with E-state index in [-0.39, 0.29) is 5.91 Å². The molecule has 1 saturated heterocycles. The van der Waals surface area contributed by atoms with Crippen molar-refractivity contribution >= 4 is 45.4 Å². The minimum absolute atomic E-state index is 0.255. The second-order valence-corrected chi connectivity index (χ2v) is 7.81. The normalized spacial score (nSPS) is 14.0. The number of hydrazine groups is 1. The lowest BCUT2D eigenvalue weighted by molar-refractivity contribution is 0.0947. The van der Waals surface area contributed by atoms with Crippen LogP contribution in [0.1, 0.15) is 26.5 Å². The second-order valence-electron chi connectivity index (χ2n) is 6.42. The van der Waals surface area contributed by atoms with Crippen LogP contribution in [-0.2, 0) is 4.74 Å². The van der Waals surface area contributed by atoms with Crippen molar-refractivity contribution < 1.29 is 9.53 Å². The molecule has 0 aliphatic carbocycles. The third-order valence-corrected chi connectivity index (χ3v) is 5.46. The Bertz CT molecular complexity index is 826. The van der Waals surface area contributed by atoms with Gasteiger partial charge >= 0.3 is 0 Å². The van der Waals surface area contributed by atoms with Gasteiger partial charge in [0.1, 0.15) is 4.88 Å². The van der Waals surface area contributed by atoms with E-state index < -0.39 is 0 Å². The number of benzene rings is 1. The Morgan fingerprint density at radius 3 is 2.48 bits per heavy atom. The molecule has 0 spiro atoms. The first-order valence-electron chi connectivity index (χ1n) is 8.68. The third kappa shape index (κ3) is 5.15. The van der Waals surface area contributed by atoms with Gasteiger partial charge in [-0.1, -0.05) is 17.4 Å². The molecule has 144 valence electrons. The molecule has 0 saturated carbocycles. The summed E-state index contributed by atoms with van der Waals surface area (Å²) >= 11 is 6.64. The Balaban J connectivity index is 1.57. The highest BCUT2D eigenvalue weighted by molar-refractivity contribution is 7.80. The van der Waals surface area contributed by atoms with E-state index in [0.29, 0.717) is 28.9 Å². The number of nitrogens with zero attached hydrogens (tertiary/aromatic N) is 2. The lowest BCUT2D eigenvalue weighted by Crippen LogP contribution is -2.43. The van der Waals surface area contributed by atoms with Gasteiger partial charge in [0.15, 0.2) is 10.2 Å². The van der Waals surface area contributed by atoms with Crippen molar-refractivity contribution in [1.82, 2.24) is 15.8 Å².